The maximum atomic E-state index is 5.37. The Labute approximate surface area is 286 Å². The lowest BCUT2D eigenvalue weighted by atomic mass is 9.94. The maximum absolute atomic E-state index is 5.37. The Morgan fingerprint density at radius 1 is 0.449 bits per heavy atom. The van der Waals surface area contributed by atoms with Gasteiger partial charge in [-0.3, -0.25) is 19.9 Å². The number of nitrogens with zero attached hydrogens (tertiary/aromatic N) is 6. The zero-order valence-electron chi connectivity index (χ0n) is 26.1. The molecule has 7 aromatic heterocycles. The van der Waals surface area contributed by atoms with Gasteiger partial charge < -0.3 is 0 Å². The first-order chi connectivity index (χ1) is 24.3. The molecular weight excluding hydrogens is 621 g/mol. The van der Waals surface area contributed by atoms with Gasteiger partial charge in [-0.15, -0.1) is 11.3 Å². The lowest BCUT2D eigenvalue weighted by Crippen LogP contribution is -1.94. The van der Waals surface area contributed by atoms with Gasteiger partial charge in [-0.1, -0.05) is 60.7 Å². The van der Waals surface area contributed by atoms with Gasteiger partial charge in [-0.05, 0) is 71.8 Å². The smallest absolute Gasteiger partial charge is 0.0900 e. The number of hydrogen-bond acceptors (Lipinski definition) is 7. The maximum Gasteiger partial charge on any atom is 0.0900 e. The summed E-state index contributed by atoms with van der Waals surface area (Å²) in [7, 11) is 0. The summed E-state index contributed by atoms with van der Waals surface area (Å²) in [6.45, 7) is 0. The molecule has 0 atom stereocenters. The molecule has 0 amide bonds. The Bertz CT molecular complexity index is 2530. The van der Waals surface area contributed by atoms with E-state index in [-0.39, 0.29) is 0 Å². The van der Waals surface area contributed by atoms with Crippen LogP contribution in [0.3, 0.4) is 0 Å². The third-order valence-corrected chi connectivity index (χ3v) is 9.82. The van der Waals surface area contributed by atoms with Crippen LogP contribution < -0.4 is 0 Å². The molecule has 0 fully saturated rings. The molecule has 0 saturated carbocycles. The highest BCUT2D eigenvalue weighted by Crippen LogP contribution is 2.49. The standard InChI is InChI=1S/C42H26N6S/c1-2-15-33-32(14-1)42-39(38(29-12-8-18-43-25-29)41(49-42)30-13-9-19-44-26-30)40(48-33)28-11-7-10-27(22-28)31-23-36(34-16-3-5-20-45-34)47-37(24-31)35-17-4-6-21-46-35/h1-26H. The Morgan fingerprint density at radius 3 is 1.78 bits per heavy atom. The van der Waals surface area contributed by atoms with Crippen LogP contribution >= 0.6 is 11.3 Å². The monoisotopic (exact) mass is 646 g/mol. The Morgan fingerprint density at radius 2 is 1.10 bits per heavy atom. The minimum atomic E-state index is 0.785. The van der Waals surface area contributed by atoms with Crippen molar-refractivity contribution < 1.29 is 0 Å². The van der Waals surface area contributed by atoms with E-state index in [4.69, 9.17) is 9.97 Å². The molecule has 49 heavy (non-hydrogen) atoms. The largest absolute Gasteiger partial charge is 0.264 e. The number of pyridine rings is 6. The molecule has 0 radical (unpaired) electrons. The van der Waals surface area contributed by atoms with Gasteiger partial charge in [0.15, 0.2) is 0 Å². The van der Waals surface area contributed by atoms with E-state index in [0.717, 1.165) is 83.0 Å². The molecule has 230 valence electrons. The van der Waals surface area contributed by atoms with Gasteiger partial charge in [0, 0.05) is 79.8 Å². The number of para-hydroxylation sites is 1. The second-order valence-electron chi connectivity index (χ2n) is 11.6. The quantitative estimate of drug-likeness (QED) is 0.179. The van der Waals surface area contributed by atoms with Gasteiger partial charge in [-0.25, -0.2) is 9.97 Å². The van der Waals surface area contributed by atoms with Gasteiger partial charge in [0.05, 0.1) is 34.0 Å². The van der Waals surface area contributed by atoms with Crippen LogP contribution in [0.15, 0.2) is 159 Å². The number of thiophene rings is 1. The van der Waals surface area contributed by atoms with Crippen molar-refractivity contribution in [2.45, 2.75) is 0 Å². The van der Waals surface area contributed by atoms with Gasteiger partial charge in [-0.2, -0.15) is 0 Å². The number of rotatable bonds is 6. The van der Waals surface area contributed by atoms with Crippen molar-refractivity contribution in [2.75, 3.05) is 0 Å². The molecule has 2 aromatic carbocycles. The average Bonchev–Trinajstić information content (AvgIpc) is 3.60. The molecule has 0 aliphatic carbocycles. The number of aromatic nitrogens is 6. The first-order valence-corrected chi connectivity index (χ1v) is 16.7. The van der Waals surface area contributed by atoms with Gasteiger partial charge in [0.25, 0.3) is 0 Å². The average molecular weight is 647 g/mol. The Balaban J connectivity index is 1.30. The van der Waals surface area contributed by atoms with E-state index < -0.39 is 0 Å². The highest BCUT2D eigenvalue weighted by molar-refractivity contribution is 7.24. The summed E-state index contributed by atoms with van der Waals surface area (Å²) in [5.41, 5.74) is 11.3. The van der Waals surface area contributed by atoms with Crippen LogP contribution in [-0.4, -0.2) is 29.9 Å². The van der Waals surface area contributed by atoms with E-state index in [1.54, 1.807) is 23.7 Å². The zero-order valence-corrected chi connectivity index (χ0v) is 26.9. The topological polar surface area (TPSA) is 77.3 Å². The zero-order chi connectivity index (χ0) is 32.6. The molecular formula is C42H26N6S. The van der Waals surface area contributed by atoms with Gasteiger partial charge in [0.2, 0.25) is 0 Å². The highest BCUT2D eigenvalue weighted by Gasteiger charge is 2.23. The number of hydrogen-bond donors (Lipinski definition) is 0. The normalized spacial score (nSPS) is 11.3. The minimum Gasteiger partial charge on any atom is -0.264 e. The van der Waals surface area contributed by atoms with Crippen LogP contribution in [-0.2, 0) is 0 Å². The summed E-state index contributed by atoms with van der Waals surface area (Å²) in [5, 5.41) is 2.22. The summed E-state index contributed by atoms with van der Waals surface area (Å²) < 4.78 is 1.18. The van der Waals surface area contributed by atoms with Crippen LogP contribution in [0.5, 0.6) is 0 Å². The molecule has 7 heterocycles. The number of fused-ring (bicyclic) bond motifs is 3. The molecule has 9 aromatic rings. The molecule has 0 aliphatic heterocycles. The predicted octanol–water partition coefficient (Wildman–Crippen LogP) is 10.4. The van der Waals surface area contributed by atoms with Crippen molar-refractivity contribution in [1.29, 1.82) is 0 Å². The van der Waals surface area contributed by atoms with Crippen molar-refractivity contribution in [2.24, 2.45) is 0 Å². The first kappa shape index (κ1) is 28.8. The second kappa shape index (κ2) is 12.3. The van der Waals surface area contributed by atoms with Crippen LogP contribution in [0, 0.1) is 0 Å². The van der Waals surface area contributed by atoms with Crippen molar-refractivity contribution in [3.63, 3.8) is 0 Å². The Kier molecular flexibility index (Phi) is 7.22. The Hall–Kier alpha value is -6.44. The van der Waals surface area contributed by atoms with E-state index in [2.05, 4.69) is 86.7 Å². The third-order valence-electron chi connectivity index (χ3n) is 8.55. The molecule has 0 unspecified atom stereocenters. The van der Waals surface area contributed by atoms with Crippen molar-refractivity contribution in [3.8, 4) is 66.7 Å². The van der Waals surface area contributed by atoms with E-state index in [1.165, 1.54) is 4.70 Å². The molecule has 0 saturated heterocycles. The van der Waals surface area contributed by atoms with Crippen LogP contribution in [0.2, 0.25) is 0 Å². The fourth-order valence-electron chi connectivity index (χ4n) is 6.32. The molecule has 0 bridgehead atoms. The fourth-order valence-corrected chi connectivity index (χ4v) is 7.66. The lowest BCUT2D eigenvalue weighted by Gasteiger charge is -2.13. The number of benzene rings is 2. The minimum absolute atomic E-state index is 0.785. The van der Waals surface area contributed by atoms with Gasteiger partial charge >= 0.3 is 0 Å². The van der Waals surface area contributed by atoms with Crippen molar-refractivity contribution >= 4 is 32.3 Å². The fraction of sp³-hybridized carbons (Fsp3) is 0. The molecule has 0 N–H and O–H groups in total. The molecule has 0 spiro atoms. The molecule has 6 nitrogen and oxygen atoms in total. The summed E-state index contributed by atoms with van der Waals surface area (Å²) in [4.78, 5) is 29.7. The van der Waals surface area contributed by atoms with E-state index in [0.29, 0.717) is 0 Å². The lowest BCUT2D eigenvalue weighted by molar-refractivity contribution is 1.22. The first-order valence-electron chi connectivity index (χ1n) is 15.9. The SMILES string of the molecule is c1ccc(-c2cc(-c3cccc(-c4nc5ccccc5c5sc(-c6cccnc6)c(-c6cccnc6)c45)c3)cc(-c3ccccn3)n2)nc1. The summed E-state index contributed by atoms with van der Waals surface area (Å²) >= 11 is 1.78. The highest BCUT2D eigenvalue weighted by atomic mass is 32.1. The van der Waals surface area contributed by atoms with Crippen molar-refractivity contribution in [3.05, 3.63) is 159 Å². The summed E-state index contributed by atoms with van der Waals surface area (Å²) in [6, 6.07) is 41.2. The van der Waals surface area contributed by atoms with Crippen LogP contribution in [0.25, 0.3) is 87.7 Å². The van der Waals surface area contributed by atoms with E-state index in [1.807, 2.05) is 79.4 Å². The van der Waals surface area contributed by atoms with Crippen molar-refractivity contribution in [1.82, 2.24) is 29.9 Å². The van der Waals surface area contributed by atoms with Crippen LogP contribution in [0.4, 0.5) is 0 Å². The molecule has 7 heteroatoms. The van der Waals surface area contributed by atoms with E-state index in [9.17, 15) is 0 Å². The summed E-state index contributed by atoms with van der Waals surface area (Å²) in [6.07, 6.45) is 11.1. The van der Waals surface area contributed by atoms with Gasteiger partial charge in [0.1, 0.15) is 0 Å². The molecule has 0 aliphatic rings. The predicted molar refractivity (Wildman–Crippen MR) is 199 cm³/mol. The van der Waals surface area contributed by atoms with E-state index >= 15 is 0 Å². The third kappa shape index (κ3) is 5.32. The summed E-state index contributed by atoms with van der Waals surface area (Å²) in [5.74, 6) is 0. The van der Waals surface area contributed by atoms with Crippen LogP contribution in [0.1, 0.15) is 0 Å². The second-order valence-corrected chi connectivity index (χ2v) is 12.6. The molecule has 9 rings (SSSR count).